The van der Waals surface area contributed by atoms with Gasteiger partial charge in [-0.3, -0.25) is 4.79 Å². The molecule has 0 atom stereocenters. The molecule has 2 rings (SSSR count). The number of carbonyl (C=O) groups is 1. The van der Waals surface area contributed by atoms with E-state index in [0.29, 0.717) is 0 Å². The average Bonchev–Trinajstić information content (AvgIpc) is 2.50. The minimum Gasteiger partial charge on any atom is -0.491 e. The maximum atomic E-state index is 11.8. The Morgan fingerprint density at radius 1 is 1.33 bits per heavy atom. The van der Waals surface area contributed by atoms with Gasteiger partial charge in [0.05, 0.1) is 6.10 Å². The molecular formula is C15H19NO2. The number of rotatable bonds is 3. The SMILES string of the molecule is CC(=O)c1c(C)n(C)c2ccc(OC(C)C)cc12. The van der Waals surface area contributed by atoms with Crippen molar-refractivity contribution in [2.24, 2.45) is 7.05 Å². The van der Waals surface area contributed by atoms with E-state index in [1.807, 2.05) is 50.6 Å². The van der Waals surface area contributed by atoms with Crippen LogP contribution >= 0.6 is 0 Å². The highest BCUT2D eigenvalue weighted by atomic mass is 16.5. The number of ketones is 1. The van der Waals surface area contributed by atoms with Crippen molar-refractivity contribution in [3.8, 4) is 5.75 Å². The zero-order valence-corrected chi connectivity index (χ0v) is 11.6. The van der Waals surface area contributed by atoms with E-state index in [-0.39, 0.29) is 11.9 Å². The largest absolute Gasteiger partial charge is 0.491 e. The van der Waals surface area contributed by atoms with Crippen molar-refractivity contribution >= 4 is 16.7 Å². The number of aryl methyl sites for hydroxylation is 1. The Bertz CT molecular complexity index is 608. The fourth-order valence-corrected chi connectivity index (χ4v) is 2.34. The number of fused-ring (bicyclic) bond motifs is 1. The molecule has 0 N–H and O–H groups in total. The van der Waals surface area contributed by atoms with Gasteiger partial charge in [0, 0.05) is 29.2 Å². The Morgan fingerprint density at radius 2 is 2.00 bits per heavy atom. The molecule has 0 amide bonds. The first-order valence-electron chi connectivity index (χ1n) is 6.18. The Morgan fingerprint density at radius 3 is 2.56 bits per heavy atom. The van der Waals surface area contributed by atoms with Crippen molar-refractivity contribution in [2.45, 2.75) is 33.8 Å². The molecule has 1 aromatic heterocycles. The minimum atomic E-state index is 0.0970. The number of aromatic nitrogens is 1. The predicted octanol–water partition coefficient (Wildman–Crippen LogP) is 3.48. The van der Waals surface area contributed by atoms with Gasteiger partial charge in [0.15, 0.2) is 5.78 Å². The van der Waals surface area contributed by atoms with E-state index in [0.717, 1.165) is 27.9 Å². The summed E-state index contributed by atoms with van der Waals surface area (Å²) in [6, 6.07) is 5.91. The monoisotopic (exact) mass is 245 g/mol. The first-order chi connectivity index (χ1) is 8.41. The summed E-state index contributed by atoms with van der Waals surface area (Å²) in [5.74, 6) is 0.908. The zero-order chi connectivity index (χ0) is 13.4. The van der Waals surface area contributed by atoms with Gasteiger partial charge in [-0.05, 0) is 45.9 Å². The van der Waals surface area contributed by atoms with Crippen LogP contribution in [0, 0.1) is 6.92 Å². The van der Waals surface area contributed by atoms with Crippen LogP contribution in [0.4, 0.5) is 0 Å². The van der Waals surface area contributed by atoms with Crippen LogP contribution in [-0.2, 0) is 7.05 Å². The van der Waals surface area contributed by atoms with Gasteiger partial charge >= 0.3 is 0 Å². The molecule has 3 nitrogen and oxygen atoms in total. The molecular weight excluding hydrogens is 226 g/mol. The van der Waals surface area contributed by atoms with Crippen LogP contribution < -0.4 is 4.74 Å². The van der Waals surface area contributed by atoms with E-state index < -0.39 is 0 Å². The summed E-state index contributed by atoms with van der Waals surface area (Å²) in [6.45, 7) is 7.57. The molecule has 0 aliphatic rings. The third kappa shape index (κ3) is 2.01. The molecule has 0 spiro atoms. The predicted molar refractivity (Wildman–Crippen MR) is 73.4 cm³/mol. The molecule has 0 saturated carbocycles. The van der Waals surface area contributed by atoms with Crippen LogP contribution in [0.3, 0.4) is 0 Å². The summed E-state index contributed by atoms with van der Waals surface area (Å²) in [6.07, 6.45) is 0.132. The number of ether oxygens (including phenoxy) is 1. The number of hydrogen-bond acceptors (Lipinski definition) is 2. The van der Waals surface area contributed by atoms with Crippen molar-refractivity contribution in [1.29, 1.82) is 0 Å². The van der Waals surface area contributed by atoms with Gasteiger partial charge in [-0.1, -0.05) is 0 Å². The molecule has 1 aromatic carbocycles. The van der Waals surface area contributed by atoms with Crippen molar-refractivity contribution in [3.05, 3.63) is 29.5 Å². The van der Waals surface area contributed by atoms with Crippen LogP contribution in [0.1, 0.15) is 36.8 Å². The van der Waals surface area contributed by atoms with E-state index in [2.05, 4.69) is 0 Å². The second-order valence-corrected chi connectivity index (χ2v) is 4.92. The van der Waals surface area contributed by atoms with Gasteiger partial charge in [0.2, 0.25) is 0 Å². The Balaban J connectivity index is 2.67. The second kappa shape index (κ2) is 4.48. The number of hydrogen-bond donors (Lipinski definition) is 0. The molecule has 0 unspecified atom stereocenters. The average molecular weight is 245 g/mol. The highest BCUT2D eigenvalue weighted by Gasteiger charge is 2.16. The van der Waals surface area contributed by atoms with Crippen LogP contribution in [0.2, 0.25) is 0 Å². The maximum absolute atomic E-state index is 11.8. The number of Topliss-reactive ketones (excluding diaryl/α,β-unsaturated/α-hetero) is 1. The minimum absolute atomic E-state index is 0.0970. The molecule has 96 valence electrons. The lowest BCUT2D eigenvalue weighted by atomic mass is 10.1. The van der Waals surface area contributed by atoms with Gasteiger partial charge in [0.1, 0.15) is 5.75 Å². The Hall–Kier alpha value is -1.77. The van der Waals surface area contributed by atoms with Gasteiger partial charge in [-0.15, -0.1) is 0 Å². The molecule has 0 aliphatic heterocycles. The van der Waals surface area contributed by atoms with Crippen molar-refractivity contribution < 1.29 is 9.53 Å². The molecule has 1 heterocycles. The standard InChI is InChI=1S/C15H19NO2/c1-9(2)18-12-6-7-14-13(8-12)15(11(4)17)10(3)16(14)5/h6-9H,1-5H3. The molecule has 0 saturated heterocycles. The molecule has 18 heavy (non-hydrogen) atoms. The van der Waals surface area contributed by atoms with Crippen LogP contribution in [0.5, 0.6) is 5.75 Å². The molecule has 3 heteroatoms. The van der Waals surface area contributed by atoms with Crippen molar-refractivity contribution in [1.82, 2.24) is 4.57 Å². The highest BCUT2D eigenvalue weighted by molar-refractivity contribution is 6.08. The number of benzene rings is 1. The summed E-state index contributed by atoms with van der Waals surface area (Å²) in [5, 5.41) is 0.973. The van der Waals surface area contributed by atoms with E-state index in [9.17, 15) is 4.79 Å². The fourth-order valence-electron chi connectivity index (χ4n) is 2.34. The summed E-state index contributed by atoms with van der Waals surface area (Å²) < 4.78 is 7.73. The Labute approximate surface area is 107 Å². The highest BCUT2D eigenvalue weighted by Crippen LogP contribution is 2.29. The molecule has 0 bridgehead atoms. The third-order valence-electron chi connectivity index (χ3n) is 3.19. The third-order valence-corrected chi connectivity index (χ3v) is 3.19. The molecule has 0 radical (unpaired) electrons. The van der Waals surface area contributed by atoms with Gasteiger partial charge in [-0.2, -0.15) is 0 Å². The van der Waals surface area contributed by atoms with Crippen LogP contribution in [0.25, 0.3) is 10.9 Å². The summed E-state index contributed by atoms with van der Waals surface area (Å²) in [7, 11) is 1.98. The first-order valence-corrected chi connectivity index (χ1v) is 6.18. The molecule has 2 aromatic rings. The second-order valence-electron chi connectivity index (χ2n) is 4.92. The van der Waals surface area contributed by atoms with Gasteiger partial charge < -0.3 is 9.30 Å². The van der Waals surface area contributed by atoms with Crippen molar-refractivity contribution in [3.63, 3.8) is 0 Å². The lowest BCUT2D eigenvalue weighted by Crippen LogP contribution is -2.05. The maximum Gasteiger partial charge on any atom is 0.162 e. The summed E-state index contributed by atoms with van der Waals surface area (Å²) in [4.78, 5) is 11.8. The first kappa shape index (κ1) is 12.7. The van der Waals surface area contributed by atoms with E-state index in [1.165, 1.54) is 0 Å². The molecule has 0 fully saturated rings. The van der Waals surface area contributed by atoms with Crippen LogP contribution in [-0.4, -0.2) is 16.5 Å². The fraction of sp³-hybridized carbons (Fsp3) is 0.400. The molecule has 0 aliphatic carbocycles. The van der Waals surface area contributed by atoms with E-state index in [1.54, 1.807) is 6.92 Å². The smallest absolute Gasteiger partial charge is 0.162 e. The topological polar surface area (TPSA) is 31.2 Å². The number of carbonyl (C=O) groups excluding carboxylic acids is 1. The Kier molecular flexibility index (Phi) is 3.16. The number of nitrogens with zero attached hydrogens (tertiary/aromatic N) is 1. The van der Waals surface area contributed by atoms with Crippen LogP contribution in [0.15, 0.2) is 18.2 Å². The lowest BCUT2D eigenvalue weighted by molar-refractivity contribution is 0.101. The summed E-state index contributed by atoms with van der Waals surface area (Å²) >= 11 is 0. The summed E-state index contributed by atoms with van der Waals surface area (Å²) in [5.41, 5.74) is 2.86. The lowest BCUT2D eigenvalue weighted by Gasteiger charge is -2.09. The van der Waals surface area contributed by atoms with Crippen molar-refractivity contribution in [2.75, 3.05) is 0 Å². The van der Waals surface area contributed by atoms with Gasteiger partial charge in [-0.25, -0.2) is 0 Å². The van der Waals surface area contributed by atoms with E-state index in [4.69, 9.17) is 4.74 Å². The van der Waals surface area contributed by atoms with Gasteiger partial charge in [0.25, 0.3) is 0 Å². The zero-order valence-electron chi connectivity index (χ0n) is 11.6. The normalized spacial score (nSPS) is 11.2. The quantitative estimate of drug-likeness (QED) is 0.775. The van der Waals surface area contributed by atoms with E-state index >= 15 is 0 Å².